The number of hydrogen-bond donors (Lipinski definition) is 1. The van der Waals surface area contributed by atoms with Crippen molar-refractivity contribution in [1.82, 2.24) is 4.90 Å². The minimum atomic E-state index is -0.820. The number of carbonyl (C=O) groups is 2. The Morgan fingerprint density at radius 2 is 1.96 bits per heavy atom. The molecule has 8 heteroatoms. The molecule has 1 aliphatic heterocycles. The molecular formula is C19H17Cl2NO5. The highest BCUT2D eigenvalue weighted by atomic mass is 35.5. The van der Waals surface area contributed by atoms with Crippen molar-refractivity contribution in [1.29, 1.82) is 0 Å². The molecule has 2 aromatic rings. The number of likely N-dealkylation sites (tertiary alicyclic amines) is 1. The molecule has 0 spiro atoms. The van der Waals surface area contributed by atoms with Crippen LogP contribution < -0.4 is 4.74 Å². The van der Waals surface area contributed by atoms with Crippen LogP contribution >= 0.6 is 23.2 Å². The standard InChI is InChI=1S/C19H17Cl2NO5/c1-3-6-22-15(13-5-4-7-27-13)14(17(24)19(22)25)16(23)10-8-11(20)18(26-2)12(21)9-10/h4-5,7-9,15,23H,3,6H2,1-2H3/b16-14-. The van der Waals surface area contributed by atoms with E-state index >= 15 is 0 Å². The molecule has 0 aliphatic carbocycles. The molecule has 1 saturated heterocycles. The number of ketones is 1. The fourth-order valence-corrected chi connectivity index (χ4v) is 3.78. The second kappa shape index (κ2) is 7.66. The van der Waals surface area contributed by atoms with Crippen molar-refractivity contribution >= 4 is 40.7 Å². The fourth-order valence-electron chi connectivity index (χ4n) is 3.14. The van der Waals surface area contributed by atoms with Gasteiger partial charge in [-0.15, -0.1) is 0 Å². The Balaban J connectivity index is 2.19. The van der Waals surface area contributed by atoms with Gasteiger partial charge in [-0.1, -0.05) is 30.1 Å². The molecule has 3 rings (SSSR count). The quantitative estimate of drug-likeness (QED) is 0.448. The molecule has 27 heavy (non-hydrogen) atoms. The maximum absolute atomic E-state index is 12.7. The lowest BCUT2D eigenvalue weighted by Crippen LogP contribution is -2.30. The normalized spacial score (nSPS) is 19.0. The average molecular weight is 410 g/mol. The lowest BCUT2D eigenvalue weighted by molar-refractivity contribution is -0.140. The van der Waals surface area contributed by atoms with Crippen LogP contribution in [0.4, 0.5) is 0 Å². The van der Waals surface area contributed by atoms with E-state index in [4.69, 9.17) is 32.4 Å². The van der Waals surface area contributed by atoms with Crippen molar-refractivity contribution in [2.24, 2.45) is 0 Å². The Labute approximate surface area is 165 Å². The number of methoxy groups -OCH3 is 1. The highest BCUT2D eigenvalue weighted by Crippen LogP contribution is 2.41. The van der Waals surface area contributed by atoms with E-state index in [-0.39, 0.29) is 32.7 Å². The summed E-state index contributed by atoms with van der Waals surface area (Å²) >= 11 is 12.3. The molecule has 0 bridgehead atoms. The first-order valence-electron chi connectivity index (χ1n) is 8.25. The van der Waals surface area contributed by atoms with E-state index in [0.717, 1.165) is 0 Å². The first-order chi connectivity index (χ1) is 12.9. The zero-order valence-electron chi connectivity index (χ0n) is 14.7. The van der Waals surface area contributed by atoms with Crippen molar-refractivity contribution < 1.29 is 23.8 Å². The van der Waals surface area contributed by atoms with Gasteiger partial charge in [0, 0.05) is 12.1 Å². The molecular weight excluding hydrogens is 393 g/mol. The number of rotatable bonds is 5. The highest BCUT2D eigenvalue weighted by molar-refractivity contribution is 6.46. The number of benzene rings is 1. The van der Waals surface area contributed by atoms with Gasteiger partial charge < -0.3 is 19.2 Å². The molecule has 1 unspecified atom stereocenters. The minimum Gasteiger partial charge on any atom is -0.507 e. The number of aliphatic hydroxyl groups is 1. The number of furan rings is 1. The van der Waals surface area contributed by atoms with Gasteiger partial charge in [-0.2, -0.15) is 0 Å². The van der Waals surface area contributed by atoms with Crippen molar-refractivity contribution in [3.8, 4) is 5.75 Å². The number of ether oxygens (including phenoxy) is 1. The van der Waals surface area contributed by atoms with E-state index in [1.165, 1.54) is 30.4 Å². The number of amides is 1. The third-order valence-electron chi connectivity index (χ3n) is 4.29. The fraction of sp³-hybridized carbons (Fsp3) is 0.263. The van der Waals surface area contributed by atoms with Crippen LogP contribution in [-0.4, -0.2) is 35.4 Å². The Kier molecular flexibility index (Phi) is 5.48. The molecule has 1 amide bonds. The van der Waals surface area contributed by atoms with Gasteiger partial charge >= 0.3 is 0 Å². The molecule has 142 valence electrons. The second-order valence-electron chi connectivity index (χ2n) is 5.98. The molecule has 1 aliphatic rings. The summed E-state index contributed by atoms with van der Waals surface area (Å²) in [5.41, 5.74) is 0.137. The number of halogens is 2. The number of Topliss-reactive ketones (excluding diaryl/α,β-unsaturated/α-hetero) is 1. The smallest absolute Gasteiger partial charge is 0.295 e. The van der Waals surface area contributed by atoms with Gasteiger partial charge in [0.2, 0.25) is 0 Å². The molecule has 0 radical (unpaired) electrons. The second-order valence-corrected chi connectivity index (χ2v) is 6.80. The van der Waals surface area contributed by atoms with Gasteiger partial charge in [0.25, 0.3) is 11.7 Å². The van der Waals surface area contributed by atoms with Crippen LogP contribution in [0.5, 0.6) is 5.75 Å². The zero-order valence-corrected chi connectivity index (χ0v) is 16.2. The summed E-state index contributed by atoms with van der Waals surface area (Å²) in [5.74, 6) is -1.21. The first-order valence-corrected chi connectivity index (χ1v) is 9.01. The van der Waals surface area contributed by atoms with E-state index in [9.17, 15) is 14.7 Å². The van der Waals surface area contributed by atoms with E-state index in [0.29, 0.717) is 18.7 Å². The Bertz CT molecular complexity index is 897. The van der Waals surface area contributed by atoms with Crippen LogP contribution in [0.15, 0.2) is 40.5 Å². The van der Waals surface area contributed by atoms with Gasteiger partial charge in [0.15, 0.2) is 5.75 Å². The molecule has 1 aromatic heterocycles. The van der Waals surface area contributed by atoms with Gasteiger partial charge in [0.05, 0.1) is 29.0 Å². The monoisotopic (exact) mass is 409 g/mol. The zero-order chi connectivity index (χ0) is 19.7. The van der Waals surface area contributed by atoms with Crippen molar-refractivity contribution in [2.45, 2.75) is 19.4 Å². The highest BCUT2D eigenvalue weighted by Gasteiger charge is 2.47. The van der Waals surface area contributed by atoms with Crippen molar-refractivity contribution in [2.75, 3.05) is 13.7 Å². The summed E-state index contributed by atoms with van der Waals surface area (Å²) in [5, 5.41) is 11.2. The van der Waals surface area contributed by atoms with Gasteiger partial charge in [-0.05, 0) is 30.7 Å². The number of hydrogen-bond acceptors (Lipinski definition) is 5. The first kappa shape index (κ1) is 19.3. The topological polar surface area (TPSA) is 80.0 Å². The molecule has 2 heterocycles. The summed E-state index contributed by atoms with van der Waals surface area (Å²) in [6, 6.07) is 5.34. The SMILES string of the molecule is CCCN1C(=O)C(=O)/C(=C(\O)c2cc(Cl)c(OC)c(Cl)c2)C1c1ccco1. The van der Waals surface area contributed by atoms with Crippen LogP contribution in [0, 0.1) is 0 Å². The van der Waals surface area contributed by atoms with Crippen LogP contribution in [0.25, 0.3) is 5.76 Å². The minimum absolute atomic E-state index is 0.0688. The number of aliphatic hydroxyl groups excluding tert-OH is 1. The molecule has 1 fully saturated rings. The molecule has 1 atom stereocenters. The van der Waals surface area contributed by atoms with Crippen molar-refractivity contribution in [3.05, 3.63) is 57.5 Å². The van der Waals surface area contributed by atoms with Crippen LogP contribution in [0.1, 0.15) is 30.7 Å². The van der Waals surface area contributed by atoms with E-state index in [2.05, 4.69) is 0 Å². The lowest BCUT2D eigenvalue weighted by Gasteiger charge is -2.22. The third-order valence-corrected chi connectivity index (χ3v) is 4.85. The maximum atomic E-state index is 12.7. The number of nitrogens with zero attached hydrogens (tertiary/aromatic N) is 1. The van der Waals surface area contributed by atoms with Crippen LogP contribution in [0.3, 0.4) is 0 Å². The predicted molar refractivity (Wildman–Crippen MR) is 101 cm³/mol. The summed E-state index contributed by atoms with van der Waals surface area (Å²) in [6.07, 6.45) is 2.09. The molecule has 6 nitrogen and oxygen atoms in total. The maximum Gasteiger partial charge on any atom is 0.295 e. The average Bonchev–Trinajstić information content (AvgIpc) is 3.24. The van der Waals surface area contributed by atoms with Crippen LogP contribution in [-0.2, 0) is 9.59 Å². The van der Waals surface area contributed by atoms with Gasteiger partial charge in [-0.3, -0.25) is 9.59 Å². The molecule has 0 saturated carbocycles. The summed E-state index contributed by atoms with van der Waals surface area (Å²) in [6.45, 7) is 2.23. The largest absolute Gasteiger partial charge is 0.507 e. The molecule has 1 aromatic carbocycles. The third kappa shape index (κ3) is 3.31. The van der Waals surface area contributed by atoms with Gasteiger partial charge in [0.1, 0.15) is 17.6 Å². The summed E-state index contributed by atoms with van der Waals surface area (Å²) < 4.78 is 10.5. The van der Waals surface area contributed by atoms with Crippen LogP contribution in [0.2, 0.25) is 10.0 Å². The van der Waals surface area contributed by atoms with Gasteiger partial charge in [-0.25, -0.2) is 0 Å². The lowest BCUT2D eigenvalue weighted by atomic mass is 9.99. The Hall–Kier alpha value is -2.44. The number of carbonyl (C=O) groups excluding carboxylic acids is 2. The van der Waals surface area contributed by atoms with Crippen molar-refractivity contribution in [3.63, 3.8) is 0 Å². The summed E-state index contributed by atoms with van der Waals surface area (Å²) in [4.78, 5) is 26.5. The Morgan fingerprint density at radius 1 is 1.30 bits per heavy atom. The Morgan fingerprint density at radius 3 is 2.48 bits per heavy atom. The van der Waals surface area contributed by atoms with E-state index < -0.39 is 17.7 Å². The van der Waals surface area contributed by atoms with E-state index in [1.54, 1.807) is 12.1 Å². The van der Waals surface area contributed by atoms with E-state index in [1.807, 2.05) is 6.92 Å². The molecule has 1 N–H and O–H groups in total. The summed E-state index contributed by atoms with van der Waals surface area (Å²) in [7, 11) is 1.42. The predicted octanol–water partition coefficient (Wildman–Crippen LogP) is 4.43.